The Balaban J connectivity index is 2.42. The highest BCUT2D eigenvalue weighted by atomic mass is 79.9. The van der Waals surface area contributed by atoms with Crippen molar-refractivity contribution in [3.05, 3.63) is 35.4 Å². The summed E-state index contributed by atoms with van der Waals surface area (Å²) in [4.78, 5) is 11.3. The predicted octanol–water partition coefficient (Wildman–Crippen LogP) is 4.03. The van der Waals surface area contributed by atoms with Crippen LogP contribution in [0.25, 0.3) is 0 Å². The summed E-state index contributed by atoms with van der Waals surface area (Å²) in [5.74, 6) is 0. The molecule has 1 aromatic carbocycles. The smallest absolute Gasteiger partial charge is 0.429 e. The van der Waals surface area contributed by atoms with Crippen LogP contribution >= 0.6 is 15.9 Å². The highest BCUT2D eigenvalue weighted by Gasteiger charge is 2.17. The number of rotatable bonds is 3. The number of carbonyl (C=O) groups is 1. The molecule has 4 heteroatoms. The lowest BCUT2D eigenvalue weighted by molar-refractivity contribution is -0.0108. The van der Waals surface area contributed by atoms with Crippen LogP contribution in [0.2, 0.25) is 0 Å². The van der Waals surface area contributed by atoms with Crippen LogP contribution in [0, 0.1) is 0 Å². The maximum atomic E-state index is 11.3. The third-order valence-corrected chi connectivity index (χ3v) is 2.57. The second-order valence-electron chi connectivity index (χ2n) is 4.70. The van der Waals surface area contributed by atoms with Crippen LogP contribution in [-0.2, 0) is 21.4 Å². The number of hydrogen-bond donors (Lipinski definition) is 0. The van der Waals surface area contributed by atoms with E-state index in [0.717, 1.165) is 10.9 Å². The van der Waals surface area contributed by atoms with Gasteiger partial charge in [0.05, 0.1) is 0 Å². The average Bonchev–Trinajstić information content (AvgIpc) is 2.25. The molecule has 0 heterocycles. The van der Waals surface area contributed by atoms with Crippen LogP contribution in [0.3, 0.4) is 0 Å². The molecule has 0 bridgehead atoms. The number of benzene rings is 1. The Morgan fingerprint density at radius 3 is 2.18 bits per heavy atom. The summed E-state index contributed by atoms with van der Waals surface area (Å²) >= 11 is 3.37. The fourth-order valence-electron chi connectivity index (χ4n) is 1.15. The molecule has 0 saturated heterocycles. The fraction of sp³-hybridized carbons (Fsp3) is 0.462. The molecule has 0 atom stereocenters. The molecule has 3 nitrogen and oxygen atoms in total. The van der Waals surface area contributed by atoms with E-state index in [1.165, 1.54) is 5.56 Å². The summed E-state index contributed by atoms with van der Waals surface area (Å²) in [5, 5.41) is 0.820. The molecule has 94 valence electrons. The van der Waals surface area contributed by atoms with Crippen molar-refractivity contribution < 1.29 is 14.3 Å². The molecule has 0 aliphatic heterocycles. The second-order valence-corrected chi connectivity index (χ2v) is 5.26. The Morgan fingerprint density at radius 2 is 1.71 bits per heavy atom. The molecule has 0 aromatic heterocycles. The first-order chi connectivity index (χ1) is 7.90. The van der Waals surface area contributed by atoms with Gasteiger partial charge in [-0.1, -0.05) is 40.2 Å². The van der Waals surface area contributed by atoms with Gasteiger partial charge in [0.2, 0.25) is 0 Å². The van der Waals surface area contributed by atoms with Crippen molar-refractivity contribution >= 4 is 22.1 Å². The molecular weight excluding hydrogens is 284 g/mol. The molecule has 0 unspecified atom stereocenters. The standard InChI is InChI=1S/C13H17BrO3/c1-13(2,3)17-12(15)16-9-11-6-4-10(8-14)5-7-11/h4-7H,8-9H2,1-3H3. The van der Waals surface area contributed by atoms with Crippen molar-refractivity contribution in [3.63, 3.8) is 0 Å². The first kappa shape index (κ1) is 14.0. The minimum atomic E-state index is -0.637. The molecule has 0 fully saturated rings. The van der Waals surface area contributed by atoms with Crippen LogP contribution in [0.1, 0.15) is 31.9 Å². The Kier molecular flexibility index (Phi) is 5.00. The van der Waals surface area contributed by atoms with Gasteiger partial charge in [-0.3, -0.25) is 0 Å². The lowest BCUT2D eigenvalue weighted by atomic mass is 10.2. The predicted molar refractivity (Wildman–Crippen MR) is 70.1 cm³/mol. The van der Waals surface area contributed by atoms with Gasteiger partial charge in [-0.15, -0.1) is 0 Å². The zero-order chi connectivity index (χ0) is 12.9. The van der Waals surface area contributed by atoms with Crippen LogP contribution in [0.4, 0.5) is 4.79 Å². The van der Waals surface area contributed by atoms with Gasteiger partial charge in [0.25, 0.3) is 0 Å². The van der Waals surface area contributed by atoms with E-state index in [4.69, 9.17) is 9.47 Å². The van der Waals surface area contributed by atoms with Crippen LogP contribution in [0.15, 0.2) is 24.3 Å². The van der Waals surface area contributed by atoms with E-state index in [0.29, 0.717) is 0 Å². The third-order valence-electron chi connectivity index (χ3n) is 1.92. The molecule has 1 rings (SSSR count). The summed E-state index contributed by atoms with van der Waals surface area (Å²) in [6, 6.07) is 7.84. The lowest BCUT2D eigenvalue weighted by Crippen LogP contribution is -2.24. The Hall–Kier alpha value is -1.03. The van der Waals surface area contributed by atoms with E-state index >= 15 is 0 Å². The summed E-state index contributed by atoms with van der Waals surface area (Å²) in [7, 11) is 0. The summed E-state index contributed by atoms with van der Waals surface area (Å²) < 4.78 is 10.0. The van der Waals surface area contributed by atoms with E-state index in [-0.39, 0.29) is 6.61 Å². The maximum Gasteiger partial charge on any atom is 0.509 e. The average molecular weight is 301 g/mol. The highest BCUT2D eigenvalue weighted by molar-refractivity contribution is 9.08. The van der Waals surface area contributed by atoms with E-state index in [2.05, 4.69) is 15.9 Å². The molecule has 0 radical (unpaired) electrons. The van der Waals surface area contributed by atoms with Gasteiger partial charge in [0.15, 0.2) is 0 Å². The van der Waals surface area contributed by atoms with Gasteiger partial charge in [-0.2, -0.15) is 0 Å². The van der Waals surface area contributed by atoms with E-state index < -0.39 is 11.8 Å². The Morgan fingerprint density at radius 1 is 1.18 bits per heavy atom. The van der Waals surface area contributed by atoms with Gasteiger partial charge >= 0.3 is 6.16 Å². The minimum absolute atomic E-state index is 0.234. The topological polar surface area (TPSA) is 35.5 Å². The molecule has 0 N–H and O–H groups in total. The number of alkyl halides is 1. The van der Waals surface area contributed by atoms with Crippen molar-refractivity contribution in [1.29, 1.82) is 0 Å². The molecule has 0 saturated carbocycles. The second kappa shape index (κ2) is 6.05. The number of carbonyl (C=O) groups excluding carboxylic acids is 1. The van der Waals surface area contributed by atoms with Crippen molar-refractivity contribution in [3.8, 4) is 0 Å². The number of ether oxygens (including phenoxy) is 2. The zero-order valence-electron chi connectivity index (χ0n) is 10.3. The molecule has 0 spiro atoms. The number of halogens is 1. The zero-order valence-corrected chi connectivity index (χ0v) is 11.9. The molecular formula is C13H17BrO3. The molecule has 17 heavy (non-hydrogen) atoms. The van der Waals surface area contributed by atoms with Gasteiger partial charge in [-0.05, 0) is 31.9 Å². The molecule has 1 aromatic rings. The van der Waals surface area contributed by atoms with E-state index in [9.17, 15) is 4.79 Å². The molecule has 0 amide bonds. The number of hydrogen-bond acceptors (Lipinski definition) is 3. The quantitative estimate of drug-likeness (QED) is 0.624. The van der Waals surface area contributed by atoms with Crippen LogP contribution in [-0.4, -0.2) is 11.8 Å². The van der Waals surface area contributed by atoms with E-state index in [1.54, 1.807) is 20.8 Å². The minimum Gasteiger partial charge on any atom is -0.429 e. The largest absolute Gasteiger partial charge is 0.509 e. The van der Waals surface area contributed by atoms with Crippen molar-refractivity contribution in [2.45, 2.75) is 38.3 Å². The van der Waals surface area contributed by atoms with Crippen molar-refractivity contribution in [2.75, 3.05) is 0 Å². The maximum absolute atomic E-state index is 11.3. The molecule has 0 aliphatic rings. The highest BCUT2D eigenvalue weighted by Crippen LogP contribution is 2.11. The first-order valence-electron chi connectivity index (χ1n) is 5.40. The van der Waals surface area contributed by atoms with Gasteiger partial charge in [0, 0.05) is 5.33 Å². The van der Waals surface area contributed by atoms with Crippen LogP contribution in [0.5, 0.6) is 0 Å². The van der Waals surface area contributed by atoms with Gasteiger partial charge in [0.1, 0.15) is 12.2 Å². The SMILES string of the molecule is CC(C)(C)OC(=O)OCc1ccc(CBr)cc1. The molecule has 0 aliphatic carbocycles. The first-order valence-corrected chi connectivity index (χ1v) is 6.52. The summed E-state index contributed by atoms with van der Waals surface area (Å²) in [5.41, 5.74) is 1.61. The summed E-state index contributed by atoms with van der Waals surface area (Å²) in [6.07, 6.45) is -0.637. The third kappa shape index (κ3) is 5.73. The van der Waals surface area contributed by atoms with Gasteiger partial charge < -0.3 is 9.47 Å². The Bertz CT molecular complexity index is 365. The van der Waals surface area contributed by atoms with Crippen molar-refractivity contribution in [2.24, 2.45) is 0 Å². The summed E-state index contributed by atoms with van der Waals surface area (Å²) in [6.45, 7) is 5.65. The fourth-order valence-corrected chi connectivity index (χ4v) is 1.52. The van der Waals surface area contributed by atoms with Gasteiger partial charge in [-0.25, -0.2) is 4.79 Å². The Labute approximate surface area is 110 Å². The van der Waals surface area contributed by atoms with Crippen molar-refractivity contribution in [1.82, 2.24) is 0 Å². The monoisotopic (exact) mass is 300 g/mol. The lowest BCUT2D eigenvalue weighted by Gasteiger charge is -2.18. The normalized spacial score (nSPS) is 11.1. The van der Waals surface area contributed by atoms with Crippen LogP contribution < -0.4 is 0 Å². The van der Waals surface area contributed by atoms with E-state index in [1.807, 2.05) is 24.3 Å².